The molecule has 0 spiro atoms. The Morgan fingerprint density at radius 2 is 1.90 bits per heavy atom. The summed E-state index contributed by atoms with van der Waals surface area (Å²) in [6.07, 6.45) is -4.69. The van der Waals surface area contributed by atoms with E-state index in [-0.39, 0.29) is 23.4 Å². The van der Waals surface area contributed by atoms with E-state index in [4.69, 9.17) is 10.5 Å². The Morgan fingerprint density at radius 1 is 1.30 bits per heavy atom. The molecule has 0 saturated heterocycles. The quantitative estimate of drug-likeness (QED) is 0.848. The standard InChI is InChI=1S/C12H16F3NO3S/c1-8(2)19-5-6-20(17,18)11-4-3-9(7-10(11)16)12(13,14)15/h3-4,7-8H,5-6,16H2,1-2H3. The first-order valence-corrected chi connectivity index (χ1v) is 7.50. The maximum absolute atomic E-state index is 12.5. The fraction of sp³-hybridized carbons (Fsp3) is 0.500. The predicted octanol–water partition coefficient (Wildman–Crippen LogP) is 2.49. The first-order valence-electron chi connectivity index (χ1n) is 5.85. The lowest BCUT2D eigenvalue weighted by Crippen LogP contribution is -2.17. The van der Waals surface area contributed by atoms with Crippen LogP contribution in [0.25, 0.3) is 0 Å². The minimum atomic E-state index is -4.56. The summed E-state index contributed by atoms with van der Waals surface area (Å²) < 4.78 is 66.4. The Morgan fingerprint density at radius 3 is 2.35 bits per heavy atom. The zero-order chi connectivity index (χ0) is 15.6. The fourth-order valence-corrected chi connectivity index (χ4v) is 2.74. The molecular weight excluding hydrogens is 295 g/mol. The zero-order valence-electron chi connectivity index (χ0n) is 11.1. The largest absolute Gasteiger partial charge is 0.416 e. The van der Waals surface area contributed by atoms with Crippen LogP contribution < -0.4 is 5.73 Å². The molecule has 0 aliphatic heterocycles. The lowest BCUT2D eigenvalue weighted by atomic mass is 10.2. The number of hydrogen-bond acceptors (Lipinski definition) is 4. The van der Waals surface area contributed by atoms with E-state index in [9.17, 15) is 21.6 Å². The number of hydrogen-bond donors (Lipinski definition) is 1. The lowest BCUT2D eigenvalue weighted by molar-refractivity contribution is -0.137. The molecule has 0 fully saturated rings. The van der Waals surface area contributed by atoms with Crippen LogP contribution >= 0.6 is 0 Å². The molecule has 0 radical (unpaired) electrons. The van der Waals surface area contributed by atoms with Gasteiger partial charge in [-0.1, -0.05) is 0 Å². The average Bonchev–Trinajstić information content (AvgIpc) is 2.26. The van der Waals surface area contributed by atoms with Crippen molar-refractivity contribution in [2.75, 3.05) is 18.1 Å². The van der Waals surface area contributed by atoms with Gasteiger partial charge in [-0.05, 0) is 32.0 Å². The van der Waals surface area contributed by atoms with Gasteiger partial charge in [-0.25, -0.2) is 8.42 Å². The van der Waals surface area contributed by atoms with E-state index in [0.29, 0.717) is 12.1 Å². The van der Waals surface area contributed by atoms with Crippen molar-refractivity contribution in [3.8, 4) is 0 Å². The van der Waals surface area contributed by atoms with Crippen LogP contribution in [0.2, 0.25) is 0 Å². The summed E-state index contributed by atoms with van der Waals surface area (Å²) in [6, 6.07) is 2.20. The van der Waals surface area contributed by atoms with Gasteiger partial charge in [0.05, 0.1) is 34.6 Å². The highest BCUT2D eigenvalue weighted by atomic mass is 32.2. The second-order valence-corrected chi connectivity index (χ2v) is 6.57. The van der Waals surface area contributed by atoms with Crippen molar-refractivity contribution in [2.24, 2.45) is 0 Å². The van der Waals surface area contributed by atoms with Gasteiger partial charge < -0.3 is 10.5 Å². The Kier molecular flexibility index (Phi) is 5.04. The molecule has 0 unspecified atom stereocenters. The van der Waals surface area contributed by atoms with Gasteiger partial charge in [0, 0.05) is 0 Å². The topological polar surface area (TPSA) is 69.4 Å². The number of halogens is 3. The number of nitrogens with two attached hydrogens (primary N) is 1. The monoisotopic (exact) mass is 311 g/mol. The molecule has 1 aromatic rings. The second-order valence-electron chi connectivity index (χ2n) is 4.49. The van der Waals surface area contributed by atoms with Crippen LogP contribution in [0.1, 0.15) is 19.4 Å². The van der Waals surface area contributed by atoms with E-state index in [1.807, 2.05) is 0 Å². The number of ether oxygens (including phenoxy) is 1. The Hall–Kier alpha value is -1.28. The summed E-state index contributed by atoms with van der Waals surface area (Å²) >= 11 is 0. The average molecular weight is 311 g/mol. The maximum atomic E-state index is 12.5. The van der Waals surface area contributed by atoms with E-state index in [2.05, 4.69) is 0 Å². The van der Waals surface area contributed by atoms with Gasteiger partial charge in [0.15, 0.2) is 9.84 Å². The van der Waals surface area contributed by atoms with E-state index in [1.54, 1.807) is 13.8 Å². The van der Waals surface area contributed by atoms with Gasteiger partial charge >= 0.3 is 6.18 Å². The predicted molar refractivity (Wildman–Crippen MR) is 69.0 cm³/mol. The molecule has 8 heteroatoms. The minimum Gasteiger partial charge on any atom is -0.398 e. The van der Waals surface area contributed by atoms with Crippen molar-refractivity contribution in [2.45, 2.75) is 31.0 Å². The van der Waals surface area contributed by atoms with Gasteiger partial charge in [0.25, 0.3) is 0 Å². The highest BCUT2D eigenvalue weighted by Gasteiger charge is 2.31. The van der Waals surface area contributed by atoms with Crippen LogP contribution in [-0.2, 0) is 20.8 Å². The number of nitrogen functional groups attached to an aromatic ring is 1. The van der Waals surface area contributed by atoms with Crippen LogP contribution in [0.5, 0.6) is 0 Å². The van der Waals surface area contributed by atoms with Crippen molar-refractivity contribution in [1.29, 1.82) is 0 Å². The van der Waals surface area contributed by atoms with Crippen molar-refractivity contribution < 1.29 is 26.3 Å². The number of anilines is 1. The van der Waals surface area contributed by atoms with Crippen LogP contribution in [0.15, 0.2) is 23.1 Å². The molecule has 1 aromatic carbocycles. The molecule has 0 saturated carbocycles. The fourth-order valence-electron chi connectivity index (χ4n) is 1.51. The van der Waals surface area contributed by atoms with Crippen LogP contribution in [0.4, 0.5) is 18.9 Å². The third-order valence-electron chi connectivity index (χ3n) is 2.48. The third-order valence-corrected chi connectivity index (χ3v) is 4.22. The molecule has 4 nitrogen and oxygen atoms in total. The molecule has 0 aliphatic rings. The molecule has 1 rings (SSSR count). The number of alkyl halides is 3. The molecule has 20 heavy (non-hydrogen) atoms. The molecule has 0 aliphatic carbocycles. The zero-order valence-corrected chi connectivity index (χ0v) is 11.9. The van der Waals surface area contributed by atoms with Gasteiger partial charge in [-0.2, -0.15) is 13.2 Å². The minimum absolute atomic E-state index is 0.0412. The summed E-state index contributed by atoms with van der Waals surface area (Å²) in [5.74, 6) is -0.333. The first-order chi connectivity index (χ1) is 9.04. The van der Waals surface area contributed by atoms with Crippen molar-refractivity contribution in [3.05, 3.63) is 23.8 Å². The maximum Gasteiger partial charge on any atom is 0.416 e. The highest BCUT2D eigenvalue weighted by molar-refractivity contribution is 7.91. The summed E-state index contributed by atoms with van der Waals surface area (Å²) in [4.78, 5) is -0.308. The molecule has 114 valence electrons. The Labute approximate surface area is 115 Å². The number of benzene rings is 1. The van der Waals surface area contributed by atoms with Gasteiger partial charge in [-0.15, -0.1) is 0 Å². The Balaban J connectivity index is 2.97. The summed E-state index contributed by atoms with van der Waals surface area (Å²) in [5, 5.41) is 0. The number of rotatable bonds is 5. The van der Waals surface area contributed by atoms with Gasteiger partial charge in [-0.3, -0.25) is 0 Å². The van der Waals surface area contributed by atoms with E-state index < -0.39 is 27.3 Å². The summed E-state index contributed by atoms with van der Waals surface area (Å²) in [5.41, 5.74) is 4.02. The molecule has 0 bridgehead atoms. The third kappa shape index (κ3) is 4.38. The molecule has 0 aromatic heterocycles. The van der Waals surface area contributed by atoms with Crippen molar-refractivity contribution >= 4 is 15.5 Å². The van der Waals surface area contributed by atoms with Crippen LogP contribution in [-0.4, -0.2) is 26.9 Å². The highest BCUT2D eigenvalue weighted by Crippen LogP contribution is 2.32. The smallest absolute Gasteiger partial charge is 0.398 e. The second kappa shape index (κ2) is 6.01. The SMILES string of the molecule is CC(C)OCCS(=O)(=O)c1ccc(C(F)(F)F)cc1N. The van der Waals surface area contributed by atoms with Crippen LogP contribution in [0, 0.1) is 0 Å². The molecule has 0 amide bonds. The van der Waals surface area contributed by atoms with E-state index in [1.165, 1.54) is 0 Å². The number of sulfone groups is 1. The van der Waals surface area contributed by atoms with Gasteiger partial charge in [0.2, 0.25) is 0 Å². The first kappa shape index (κ1) is 16.8. The van der Waals surface area contributed by atoms with Crippen molar-refractivity contribution in [1.82, 2.24) is 0 Å². The van der Waals surface area contributed by atoms with E-state index in [0.717, 1.165) is 6.07 Å². The molecular formula is C12H16F3NO3S. The summed E-state index contributed by atoms with van der Waals surface area (Å²) in [6.45, 7) is 3.46. The molecule has 0 atom stereocenters. The Bertz CT molecular complexity index is 568. The normalized spacial score (nSPS) is 12.9. The lowest BCUT2D eigenvalue weighted by Gasteiger charge is -2.12. The van der Waals surface area contributed by atoms with Crippen LogP contribution in [0.3, 0.4) is 0 Å². The molecule has 2 N–H and O–H groups in total. The molecule has 0 heterocycles. The van der Waals surface area contributed by atoms with Crippen molar-refractivity contribution in [3.63, 3.8) is 0 Å². The summed E-state index contributed by atoms with van der Waals surface area (Å²) in [7, 11) is -3.77. The van der Waals surface area contributed by atoms with Gasteiger partial charge in [0.1, 0.15) is 0 Å². The van der Waals surface area contributed by atoms with E-state index >= 15 is 0 Å².